The summed E-state index contributed by atoms with van der Waals surface area (Å²) in [5.41, 5.74) is 0. The van der Waals surface area contributed by atoms with Crippen LogP contribution in [0.3, 0.4) is 0 Å². The Balaban J connectivity index is 4.29. The number of unbranched alkanes of at least 4 members (excludes halogenated alkanes) is 16. The standard InChI is InChI=1S/C40H76NO7P/c1-6-8-10-12-14-16-18-19-20-21-22-24-26-28-30-32-35-45-37-39(38-47-49(43,44)46-36-34-41(3,4)5)48-40(42)33-31-29-27-25-23-17-15-13-11-9-7-2/h8,10,14,16,19-20,39H,6-7,9,11-13,15,17-18,21-38H2,1-5H3/b10-8-,16-14-,20-19-. The number of hydrogen-bond donors (Lipinski definition) is 0. The summed E-state index contributed by atoms with van der Waals surface area (Å²) in [5.74, 6) is -0.342. The molecule has 0 saturated carbocycles. The molecule has 0 rings (SSSR count). The Bertz CT molecular complexity index is 884. The molecule has 0 amide bonds. The minimum atomic E-state index is -4.52. The Labute approximate surface area is 302 Å². The highest BCUT2D eigenvalue weighted by atomic mass is 31.2. The number of likely N-dealkylation sites (N-methyl/N-ethyl adjacent to an activating group) is 1. The lowest BCUT2D eigenvalue weighted by atomic mass is 10.1. The molecule has 0 aliphatic heterocycles. The second-order valence-corrected chi connectivity index (χ2v) is 15.7. The minimum Gasteiger partial charge on any atom is -0.756 e. The van der Waals surface area contributed by atoms with Gasteiger partial charge in [-0.05, 0) is 44.9 Å². The number of phosphoric ester groups is 1. The first kappa shape index (κ1) is 47.7. The number of quaternary nitrogens is 1. The fourth-order valence-corrected chi connectivity index (χ4v) is 5.88. The van der Waals surface area contributed by atoms with E-state index in [-0.39, 0.29) is 25.8 Å². The molecule has 8 nitrogen and oxygen atoms in total. The van der Waals surface area contributed by atoms with Gasteiger partial charge in [0.25, 0.3) is 7.82 Å². The van der Waals surface area contributed by atoms with Crippen LogP contribution in [0, 0.1) is 0 Å². The van der Waals surface area contributed by atoms with Gasteiger partial charge in [-0.3, -0.25) is 9.36 Å². The van der Waals surface area contributed by atoms with Gasteiger partial charge in [0.1, 0.15) is 19.3 Å². The van der Waals surface area contributed by atoms with Crippen molar-refractivity contribution in [1.29, 1.82) is 0 Å². The summed E-state index contributed by atoms with van der Waals surface area (Å²) in [4.78, 5) is 24.9. The summed E-state index contributed by atoms with van der Waals surface area (Å²) < 4.78 is 34.4. The quantitative estimate of drug-likeness (QED) is 0.0210. The number of ether oxygens (including phenoxy) is 2. The summed E-state index contributed by atoms with van der Waals surface area (Å²) in [7, 11) is 1.34. The van der Waals surface area contributed by atoms with E-state index in [0.717, 1.165) is 64.2 Å². The lowest BCUT2D eigenvalue weighted by Gasteiger charge is -2.28. The average molecular weight is 714 g/mol. The van der Waals surface area contributed by atoms with Crippen molar-refractivity contribution in [2.75, 3.05) is 54.1 Å². The van der Waals surface area contributed by atoms with Gasteiger partial charge in [-0.1, -0.05) is 140 Å². The average Bonchev–Trinajstić information content (AvgIpc) is 3.04. The predicted octanol–water partition coefficient (Wildman–Crippen LogP) is 10.4. The van der Waals surface area contributed by atoms with Crippen LogP contribution in [0.2, 0.25) is 0 Å². The highest BCUT2D eigenvalue weighted by Gasteiger charge is 2.20. The number of phosphoric acid groups is 1. The number of esters is 1. The van der Waals surface area contributed by atoms with Gasteiger partial charge in [0.05, 0.1) is 34.4 Å². The van der Waals surface area contributed by atoms with E-state index in [1.165, 1.54) is 70.6 Å². The van der Waals surface area contributed by atoms with E-state index < -0.39 is 13.9 Å². The van der Waals surface area contributed by atoms with Gasteiger partial charge in [-0.15, -0.1) is 0 Å². The fraction of sp³-hybridized carbons (Fsp3) is 0.825. The summed E-state index contributed by atoms with van der Waals surface area (Å²) in [6.07, 6.45) is 37.2. The maximum Gasteiger partial charge on any atom is 0.306 e. The molecule has 0 fully saturated rings. The van der Waals surface area contributed by atoms with Crippen molar-refractivity contribution in [3.05, 3.63) is 36.5 Å². The molecular weight excluding hydrogens is 637 g/mol. The largest absolute Gasteiger partial charge is 0.756 e. The van der Waals surface area contributed by atoms with Crippen LogP contribution < -0.4 is 4.89 Å². The first-order valence-corrected chi connectivity index (χ1v) is 21.2. The van der Waals surface area contributed by atoms with Crippen LogP contribution in [0.1, 0.15) is 155 Å². The molecule has 0 N–H and O–H groups in total. The van der Waals surface area contributed by atoms with Crippen molar-refractivity contribution in [3.8, 4) is 0 Å². The summed E-state index contributed by atoms with van der Waals surface area (Å²) in [6.45, 7) is 5.26. The molecule has 0 aliphatic rings. The first-order valence-electron chi connectivity index (χ1n) is 19.7. The predicted molar refractivity (Wildman–Crippen MR) is 203 cm³/mol. The van der Waals surface area contributed by atoms with Crippen LogP contribution in [-0.2, 0) is 27.9 Å². The Morgan fingerprint density at radius 1 is 0.653 bits per heavy atom. The third-order valence-corrected chi connectivity index (χ3v) is 9.17. The minimum absolute atomic E-state index is 0.0236. The SMILES string of the molecule is CC/C=C\C/C=C\C/C=C\CCCCCCCCOCC(COP(=O)([O-])OCC[N+](C)(C)C)OC(=O)CCCCCCCCCCCCC. The van der Waals surface area contributed by atoms with Crippen molar-refractivity contribution in [2.45, 2.75) is 161 Å². The van der Waals surface area contributed by atoms with Crippen molar-refractivity contribution in [3.63, 3.8) is 0 Å². The summed E-state index contributed by atoms with van der Waals surface area (Å²) in [5, 5.41) is 0. The molecule has 0 spiro atoms. The molecule has 0 aromatic rings. The van der Waals surface area contributed by atoms with E-state index >= 15 is 0 Å². The number of carbonyl (C=O) groups excluding carboxylic acids is 1. The van der Waals surface area contributed by atoms with Gasteiger partial charge in [-0.2, -0.15) is 0 Å². The topological polar surface area (TPSA) is 94.1 Å². The van der Waals surface area contributed by atoms with Crippen LogP contribution >= 0.6 is 7.82 Å². The second-order valence-electron chi connectivity index (χ2n) is 14.3. The first-order chi connectivity index (χ1) is 23.6. The van der Waals surface area contributed by atoms with Gasteiger partial charge in [0.15, 0.2) is 0 Å². The molecule has 2 unspecified atom stereocenters. The number of allylic oxidation sites excluding steroid dienone is 6. The highest BCUT2D eigenvalue weighted by molar-refractivity contribution is 7.45. The van der Waals surface area contributed by atoms with Gasteiger partial charge < -0.3 is 27.9 Å². The molecule has 0 saturated heterocycles. The van der Waals surface area contributed by atoms with Crippen molar-refractivity contribution < 1.29 is 37.3 Å². The van der Waals surface area contributed by atoms with Gasteiger partial charge in [-0.25, -0.2) is 0 Å². The van der Waals surface area contributed by atoms with E-state index in [9.17, 15) is 14.3 Å². The highest BCUT2D eigenvalue weighted by Crippen LogP contribution is 2.38. The zero-order valence-electron chi connectivity index (χ0n) is 32.4. The zero-order valence-corrected chi connectivity index (χ0v) is 33.3. The van der Waals surface area contributed by atoms with Gasteiger partial charge in [0, 0.05) is 13.0 Å². The molecule has 288 valence electrons. The lowest BCUT2D eigenvalue weighted by Crippen LogP contribution is -2.37. The fourth-order valence-electron chi connectivity index (χ4n) is 5.15. The van der Waals surface area contributed by atoms with E-state index in [2.05, 4.69) is 50.3 Å². The van der Waals surface area contributed by atoms with E-state index in [1.807, 2.05) is 21.1 Å². The molecule has 9 heteroatoms. The van der Waals surface area contributed by atoms with Crippen LogP contribution in [-0.4, -0.2) is 70.7 Å². The number of hydrogen-bond acceptors (Lipinski definition) is 7. The molecule has 0 aromatic carbocycles. The van der Waals surface area contributed by atoms with Crippen molar-refractivity contribution in [1.82, 2.24) is 0 Å². The van der Waals surface area contributed by atoms with E-state index in [0.29, 0.717) is 24.1 Å². The number of rotatable bonds is 36. The van der Waals surface area contributed by atoms with Gasteiger partial charge >= 0.3 is 5.97 Å². The molecule has 49 heavy (non-hydrogen) atoms. The molecule has 0 aliphatic carbocycles. The summed E-state index contributed by atoms with van der Waals surface area (Å²) >= 11 is 0. The number of nitrogens with zero attached hydrogens (tertiary/aromatic N) is 1. The molecule has 0 aromatic heterocycles. The van der Waals surface area contributed by atoms with Crippen LogP contribution in [0.4, 0.5) is 0 Å². The Morgan fingerprint density at radius 2 is 1.18 bits per heavy atom. The Kier molecular flexibility index (Phi) is 33.0. The Hall–Kier alpha value is -1.28. The van der Waals surface area contributed by atoms with Crippen LogP contribution in [0.25, 0.3) is 0 Å². The molecule has 0 heterocycles. The third kappa shape index (κ3) is 37.8. The van der Waals surface area contributed by atoms with Crippen LogP contribution in [0.15, 0.2) is 36.5 Å². The smallest absolute Gasteiger partial charge is 0.306 e. The van der Waals surface area contributed by atoms with E-state index in [4.69, 9.17) is 18.5 Å². The van der Waals surface area contributed by atoms with Crippen LogP contribution in [0.5, 0.6) is 0 Å². The third-order valence-electron chi connectivity index (χ3n) is 8.21. The number of carbonyl (C=O) groups is 1. The monoisotopic (exact) mass is 714 g/mol. The molecule has 2 atom stereocenters. The lowest BCUT2D eigenvalue weighted by molar-refractivity contribution is -0.870. The molecule has 0 radical (unpaired) electrons. The molecule has 0 bridgehead atoms. The molecular formula is C40H76NO7P. The van der Waals surface area contributed by atoms with Crippen molar-refractivity contribution in [2.24, 2.45) is 0 Å². The maximum absolute atomic E-state index is 12.6. The van der Waals surface area contributed by atoms with Gasteiger partial charge in [0.2, 0.25) is 0 Å². The maximum atomic E-state index is 12.6. The second kappa shape index (κ2) is 33.8. The van der Waals surface area contributed by atoms with Crippen molar-refractivity contribution >= 4 is 13.8 Å². The Morgan fingerprint density at radius 3 is 1.78 bits per heavy atom. The normalized spacial score (nSPS) is 14.3. The zero-order chi connectivity index (χ0) is 36.3. The van der Waals surface area contributed by atoms with E-state index in [1.54, 1.807) is 0 Å². The summed E-state index contributed by atoms with van der Waals surface area (Å²) in [6, 6.07) is 0.